The van der Waals surface area contributed by atoms with E-state index in [1.807, 2.05) is 6.92 Å². The Morgan fingerprint density at radius 2 is 2.00 bits per heavy atom. The van der Waals surface area contributed by atoms with Crippen molar-refractivity contribution in [2.24, 2.45) is 5.73 Å². The Morgan fingerprint density at radius 1 is 1.40 bits per heavy atom. The van der Waals surface area contributed by atoms with Crippen LogP contribution in [0.15, 0.2) is 0 Å². The number of hydrogen-bond donors (Lipinski definition) is 1. The lowest BCUT2D eigenvalue weighted by atomic mass is 10.2. The number of carbonyl (C=O) groups is 2. The minimum Gasteiger partial charge on any atom is -0.464 e. The van der Waals surface area contributed by atoms with Crippen molar-refractivity contribution in [3.8, 4) is 0 Å². The van der Waals surface area contributed by atoms with Crippen LogP contribution in [0.4, 0.5) is 0 Å². The van der Waals surface area contributed by atoms with Gasteiger partial charge in [-0.2, -0.15) is 0 Å². The lowest BCUT2D eigenvalue weighted by Gasteiger charge is -2.19. The Hall–Kier alpha value is -1.10. The van der Waals surface area contributed by atoms with Crippen molar-refractivity contribution < 1.29 is 14.3 Å². The number of unbranched alkanes of at least 4 members (excludes halogenated alkanes) is 1. The van der Waals surface area contributed by atoms with E-state index in [-0.39, 0.29) is 12.5 Å². The van der Waals surface area contributed by atoms with E-state index in [2.05, 4.69) is 4.74 Å². The van der Waals surface area contributed by atoms with Gasteiger partial charge in [0.25, 0.3) is 5.91 Å². The number of amides is 1. The molecule has 0 radical (unpaired) electrons. The lowest BCUT2D eigenvalue weighted by Crippen LogP contribution is -2.47. The summed E-state index contributed by atoms with van der Waals surface area (Å²) < 4.78 is 4.67. The largest absolute Gasteiger partial charge is 0.464 e. The maximum absolute atomic E-state index is 11.6. The summed E-state index contributed by atoms with van der Waals surface area (Å²) in [5, 5.41) is 0. The number of rotatable bonds is 6. The van der Waals surface area contributed by atoms with Crippen molar-refractivity contribution >= 4 is 11.9 Å². The Bertz CT molecular complexity index is 219. The summed E-state index contributed by atoms with van der Waals surface area (Å²) in [5.41, 5.74) is 5.45. The number of nitrogens with two attached hydrogens (primary N) is 1. The number of ether oxygens (including phenoxy) is 1. The molecule has 1 unspecified atom stereocenters. The van der Waals surface area contributed by atoms with E-state index in [0.717, 1.165) is 12.8 Å². The van der Waals surface area contributed by atoms with E-state index in [9.17, 15) is 9.59 Å². The van der Waals surface area contributed by atoms with Crippen molar-refractivity contribution in [1.82, 2.24) is 4.90 Å². The highest BCUT2D eigenvalue weighted by molar-refractivity contribution is 6.01. The highest BCUT2D eigenvalue weighted by Crippen LogP contribution is 1.96. The molecular weight excluding hydrogens is 196 g/mol. The molecular formula is C10H20N2O3. The maximum Gasteiger partial charge on any atom is 0.332 e. The third kappa shape index (κ3) is 4.78. The molecule has 0 fully saturated rings. The van der Waals surface area contributed by atoms with Crippen LogP contribution in [0, 0.1) is 0 Å². The lowest BCUT2D eigenvalue weighted by molar-refractivity contribution is -0.150. The highest BCUT2D eigenvalue weighted by Gasteiger charge is 2.25. The van der Waals surface area contributed by atoms with Gasteiger partial charge in [-0.15, -0.1) is 0 Å². The number of esters is 1. The molecule has 0 aromatic carbocycles. The standard InChI is InChI=1S/C10H20N2O3/c1-4-6-7-12(3)9(13)8(11)10(14)15-5-2/h8H,4-7,11H2,1-3H3. The van der Waals surface area contributed by atoms with Crippen LogP contribution >= 0.6 is 0 Å². The molecule has 15 heavy (non-hydrogen) atoms. The number of hydrogen-bond acceptors (Lipinski definition) is 4. The second-order valence-electron chi connectivity index (χ2n) is 3.34. The van der Waals surface area contributed by atoms with Crippen LogP contribution in [0.2, 0.25) is 0 Å². The maximum atomic E-state index is 11.6. The molecule has 0 aliphatic rings. The van der Waals surface area contributed by atoms with E-state index in [1.165, 1.54) is 4.90 Å². The van der Waals surface area contributed by atoms with Crippen molar-refractivity contribution in [1.29, 1.82) is 0 Å². The minimum atomic E-state index is -1.19. The van der Waals surface area contributed by atoms with Gasteiger partial charge in [-0.1, -0.05) is 13.3 Å². The summed E-state index contributed by atoms with van der Waals surface area (Å²) in [6.07, 6.45) is 1.89. The molecule has 2 N–H and O–H groups in total. The molecule has 0 rings (SSSR count). The van der Waals surface area contributed by atoms with Gasteiger partial charge in [0.05, 0.1) is 6.61 Å². The van der Waals surface area contributed by atoms with Crippen LogP contribution in [0.5, 0.6) is 0 Å². The molecule has 0 bridgehead atoms. The molecule has 5 nitrogen and oxygen atoms in total. The summed E-state index contributed by atoms with van der Waals surface area (Å²) in [7, 11) is 1.64. The molecule has 1 atom stereocenters. The van der Waals surface area contributed by atoms with Crippen LogP contribution in [0.25, 0.3) is 0 Å². The van der Waals surface area contributed by atoms with Gasteiger partial charge in [-0.05, 0) is 13.3 Å². The topological polar surface area (TPSA) is 72.6 Å². The highest BCUT2D eigenvalue weighted by atomic mass is 16.5. The molecule has 5 heteroatoms. The molecule has 0 heterocycles. The first-order chi connectivity index (χ1) is 7.04. The van der Waals surface area contributed by atoms with Gasteiger partial charge in [-0.3, -0.25) is 4.79 Å². The van der Waals surface area contributed by atoms with E-state index < -0.39 is 12.0 Å². The number of nitrogens with zero attached hydrogens (tertiary/aromatic N) is 1. The minimum absolute atomic E-state index is 0.235. The molecule has 1 amide bonds. The summed E-state index contributed by atoms with van der Waals surface area (Å²) in [4.78, 5) is 24.2. The van der Waals surface area contributed by atoms with E-state index in [1.54, 1.807) is 14.0 Å². The van der Waals surface area contributed by atoms with Gasteiger partial charge < -0.3 is 15.4 Å². The quantitative estimate of drug-likeness (QED) is 0.506. The van der Waals surface area contributed by atoms with Crippen molar-refractivity contribution in [2.45, 2.75) is 32.7 Å². The molecule has 0 aromatic heterocycles. The van der Waals surface area contributed by atoms with Gasteiger partial charge in [-0.25, -0.2) is 4.79 Å². The van der Waals surface area contributed by atoms with E-state index in [0.29, 0.717) is 6.54 Å². The molecule has 0 saturated carbocycles. The summed E-state index contributed by atoms with van der Waals surface area (Å²) in [6, 6.07) is -1.19. The van der Waals surface area contributed by atoms with Crippen molar-refractivity contribution in [2.75, 3.05) is 20.2 Å². The zero-order valence-corrected chi connectivity index (χ0v) is 9.66. The first-order valence-corrected chi connectivity index (χ1v) is 5.21. The molecule has 0 aromatic rings. The smallest absolute Gasteiger partial charge is 0.332 e. The Balaban J connectivity index is 4.12. The summed E-state index contributed by atoms with van der Waals surface area (Å²) in [6.45, 7) is 4.56. The molecule has 0 spiro atoms. The zero-order valence-electron chi connectivity index (χ0n) is 9.66. The fraction of sp³-hybridized carbons (Fsp3) is 0.800. The van der Waals surface area contributed by atoms with Crippen LogP contribution in [0.1, 0.15) is 26.7 Å². The van der Waals surface area contributed by atoms with Crippen LogP contribution in [-0.2, 0) is 14.3 Å². The molecule has 88 valence electrons. The molecule has 0 aliphatic heterocycles. The van der Waals surface area contributed by atoms with Gasteiger partial charge in [0.2, 0.25) is 0 Å². The van der Waals surface area contributed by atoms with Crippen LogP contribution in [-0.4, -0.2) is 43.0 Å². The van der Waals surface area contributed by atoms with Gasteiger partial charge in [0, 0.05) is 13.6 Å². The monoisotopic (exact) mass is 216 g/mol. The van der Waals surface area contributed by atoms with Gasteiger partial charge in [0.15, 0.2) is 6.04 Å². The number of carbonyl (C=O) groups excluding carboxylic acids is 2. The van der Waals surface area contributed by atoms with Crippen LogP contribution in [0.3, 0.4) is 0 Å². The van der Waals surface area contributed by atoms with Crippen molar-refractivity contribution in [3.63, 3.8) is 0 Å². The first-order valence-electron chi connectivity index (χ1n) is 5.21. The fourth-order valence-electron chi connectivity index (χ4n) is 1.08. The number of likely N-dealkylation sites (N-methyl/N-ethyl adjacent to an activating group) is 1. The normalized spacial score (nSPS) is 12.0. The summed E-state index contributed by atoms with van der Waals surface area (Å²) >= 11 is 0. The third-order valence-corrected chi connectivity index (χ3v) is 2.03. The predicted octanol–water partition coefficient (Wildman–Crippen LogP) is 0.135. The average Bonchev–Trinajstić information content (AvgIpc) is 2.24. The SMILES string of the molecule is CCCCN(C)C(=O)C(N)C(=O)OCC. The molecule has 0 saturated heterocycles. The second-order valence-corrected chi connectivity index (χ2v) is 3.34. The average molecular weight is 216 g/mol. The van der Waals surface area contributed by atoms with Crippen molar-refractivity contribution in [3.05, 3.63) is 0 Å². The van der Waals surface area contributed by atoms with Crippen LogP contribution < -0.4 is 5.73 Å². The molecule has 0 aliphatic carbocycles. The predicted molar refractivity (Wildman–Crippen MR) is 57.2 cm³/mol. The Morgan fingerprint density at radius 3 is 2.47 bits per heavy atom. The van der Waals surface area contributed by atoms with Gasteiger partial charge >= 0.3 is 5.97 Å². The third-order valence-electron chi connectivity index (χ3n) is 2.03. The zero-order chi connectivity index (χ0) is 11.8. The van der Waals surface area contributed by atoms with Gasteiger partial charge in [0.1, 0.15) is 0 Å². The second kappa shape index (κ2) is 7.23. The first kappa shape index (κ1) is 13.9. The Labute approximate surface area is 90.6 Å². The fourth-order valence-corrected chi connectivity index (χ4v) is 1.08. The summed E-state index contributed by atoms with van der Waals surface area (Å²) in [5.74, 6) is -1.05. The Kier molecular flexibility index (Phi) is 6.70. The van der Waals surface area contributed by atoms with E-state index in [4.69, 9.17) is 5.73 Å². The van der Waals surface area contributed by atoms with E-state index >= 15 is 0 Å².